The Bertz CT molecular complexity index is 874. The lowest BCUT2D eigenvalue weighted by atomic mass is 10.0. The molecule has 1 amide bonds. The number of nitrogens with one attached hydrogen (secondary N) is 1. The second-order valence-corrected chi connectivity index (χ2v) is 7.58. The van der Waals surface area contributed by atoms with E-state index in [2.05, 4.69) is 4.72 Å². The molecule has 126 valence electrons. The van der Waals surface area contributed by atoms with Gasteiger partial charge in [-0.3, -0.25) is 9.52 Å². The molecule has 0 aliphatic carbocycles. The molecule has 1 aliphatic heterocycles. The number of carbonyl (C=O) groups excluding carboxylic acids is 1. The smallest absolute Gasteiger partial charge is 0.261 e. The Balaban J connectivity index is 1.86. The fourth-order valence-corrected chi connectivity index (χ4v) is 3.89. The van der Waals surface area contributed by atoms with Gasteiger partial charge in [0.15, 0.2) is 0 Å². The summed E-state index contributed by atoms with van der Waals surface area (Å²) in [7, 11) is -1.88. The first-order valence-electron chi connectivity index (χ1n) is 7.92. The lowest BCUT2D eigenvalue weighted by molar-refractivity contribution is -0.118. The van der Waals surface area contributed by atoms with Gasteiger partial charge in [0, 0.05) is 24.8 Å². The van der Waals surface area contributed by atoms with Gasteiger partial charge >= 0.3 is 0 Å². The molecule has 1 aliphatic rings. The lowest BCUT2D eigenvalue weighted by Gasteiger charge is -2.26. The monoisotopic (exact) mass is 344 g/mol. The molecule has 3 rings (SSSR count). The van der Waals surface area contributed by atoms with Gasteiger partial charge in [-0.05, 0) is 54.3 Å². The molecule has 24 heavy (non-hydrogen) atoms. The van der Waals surface area contributed by atoms with Gasteiger partial charge in [0.05, 0.1) is 4.90 Å². The van der Waals surface area contributed by atoms with Crippen molar-refractivity contribution in [3.8, 4) is 0 Å². The van der Waals surface area contributed by atoms with Crippen LogP contribution in [0.3, 0.4) is 0 Å². The van der Waals surface area contributed by atoms with Crippen LogP contribution in [0.4, 0.5) is 11.4 Å². The highest BCUT2D eigenvalue weighted by molar-refractivity contribution is 7.92. The van der Waals surface area contributed by atoms with Gasteiger partial charge in [-0.2, -0.15) is 0 Å². The number of benzene rings is 2. The molecule has 5 nitrogen and oxygen atoms in total. The molecule has 0 aromatic heterocycles. The number of nitrogens with zero attached hydrogens (tertiary/aromatic N) is 1. The summed E-state index contributed by atoms with van der Waals surface area (Å²) in [6, 6.07) is 12.1. The first-order valence-corrected chi connectivity index (χ1v) is 9.40. The molecule has 0 saturated heterocycles. The number of carbonyl (C=O) groups is 1. The number of aryl methyl sites for hydroxylation is 2. The zero-order chi connectivity index (χ0) is 17.3. The van der Waals surface area contributed by atoms with E-state index >= 15 is 0 Å². The van der Waals surface area contributed by atoms with E-state index in [4.69, 9.17) is 0 Å². The van der Waals surface area contributed by atoms with E-state index in [-0.39, 0.29) is 10.8 Å². The fraction of sp³-hybridized carbons (Fsp3) is 0.278. The number of anilines is 2. The van der Waals surface area contributed by atoms with E-state index in [1.807, 2.05) is 19.1 Å². The maximum atomic E-state index is 12.5. The predicted molar refractivity (Wildman–Crippen MR) is 94.8 cm³/mol. The molecule has 1 N–H and O–H groups in total. The zero-order valence-corrected chi connectivity index (χ0v) is 14.6. The van der Waals surface area contributed by atoms with E-state index in [1.54, 1.807) is 42.3 Å². The van der Waals surface area contributed by atoms with Crippen LogP contribution in [0.15, 0.2) is 47.4 Å². The summed E-state index contributed by atoms with van der Waals surface area (Å²) in [6.45, 7) is 2.02. The minimum absolute atomic E-state index is 0.0758. The van der Waals surface area contributed by atoms with Crippen molar-refractivity contribution < 1.29 is 13.2 Å². The van der Waals surface area contributed by atoms with Crippen molar-refractivity contribution in [2.75, 3.05) is 16.7 Å². The predicted octanol–water partition coefficient (Wildman–Crippen LogP) is 2.96. The maximum absolute atomic E-state index is 12.5. The Morgan fingerprint density at radius 2 is 1.79 bits per heavy atom. The van der Waals surface area contributed by atoms with Gasteiger partial charge in [0.2, 0.25) is 5.91 Å². The van der Waals surface area contributed by atoms with Gasteiger partial charge in [-0.1, -0.05) is 19.1 Å². The van der Waals surface area contributed by atoms with Crippen molar-refractivity contribution in [1.82, 2.24) is 0 Å². The molecule has 0 atom stereocenters. The van der Waals surface area contributed by atoms with Crippen molar-refractivity contribution in [3.63, 3.8) is 0 Å². The molecule has 0 unspecified atom stereocenters. The van der Waals surface area contributed by atoms with Crippen LogP contribution in [0.2, 0.25) is 0 Å². The normalized spacial score (nSPS) is 14.4. The van der Waals surface area contributed by atoms with Crippen LogP contribution in [0.25, 0.3) is 0 Å². The van der Waals surface area contributed by atoms with E-state index in [9.17, 15) is 13.2 Å². The summed E-state index contributed by atoms with van der Waals surface area (Å²) in [5.41, 5.74) is 3.41. The van der Waals surface area contributed by atoms with E-state index in [0.717, 1.165) is 23.2 Å². The highest BCUT2D eigenvalue weighted by atomic mass is 32.2. The first-order chi connectivity index (χ1) is 11.4. The van der Waals surface area contributed by atoms with Crippen LogP contribution < -0.4 is 9.62 Å². The van der Waals surface area contributed by atoms with Crippen LogP contribution in [0.1, 0.15) is 24.5 Å². The molecule has 0 saturated carbocycles. The van der Waals surface area contributed by atoms with E-state index in [1.165, 1.54) is 0 Å². The molecule has 1 heterocycles. The van der Waals surface area contributed by atoms with Crippen molar-refractivity contribution in [1.29, 1.82) is 0 Å². The summed E-state index contributed by atoms with van der Waals surface area (Å²) in [6.07, 6.45) is 1.93. The molecule has 0 fully saturated rings. The highest BCUT2D eigenvalue weighted by Crippen LogP contribution is 2.30. The first kappa shape index (κ1) is 16.5. The number of amides is 1. The van der Waals surface area contributed by atoms with Gasteiger partial charge < -0.3 is 4.90 Å². The molecule has 2 aromatic carbocycles. The number of fused-ring (bicyclic) bond motifs is 1. The summed E-state index contributed by atoms with van der Waals surface area (Å²) in [4.78, 5) is 13.6. The van der Waals surface area contributed by atoms with Gasteiger partial charge in [0.25, 0.3) is 10.0 Å². The minimum atomic E-state index is -3.62. The SMILES string of the molecule is CCc1ccc(S(=O)(=O)Nc2ccc3c(c2)CCC(=O)N3C)cc1. The third kappa shape index (κ3) is 3.14. The van der Waals surface area contributed by atoms with Gasteiger partial charge in [0.1, 0.15) is 0 Å². The van der Waals surface area contributed by atoms with Crippen LogP contribution in [-0.2, 0) is 27.7 Å². The molecule has 0 bridgehead atoms. The van der Waals surface area contributed by atoms with E-state index in [0.29, 0.717) is 18.5 Å². The topological polar surface area (TPSA) is 66.5 Å². The standard InChI is InChI=1S/C18H20N2O3S/c1-3-13-4-8-16(9-5-13)24(22,23)19-15-7-10-17-14(12-15)6-11-18(21)20(17)2/h4-5,7-10,12,19H,3,6,11H2,1-2H3. The summed E-state index contributed by atoms with van der Waals surface area (Å²) < 4.78 is 27.6. The Morgan fingerprint density at radius 3 is 2.46 bits per heavy atom. The van der Waals surface area contributed by atoms with Crippen LogP contribution in [-0.4, -0.2) is 21.4 Å². The number of rotatable bonds is 4. The summed E-state index contributed by atoms with van der Waals surface area (Å²) >= 11 is 0. The molecular weight excluding hydrogens is 324 g/mol. The third-order valence-corrected chi connectivity index (χ3v) is 5.71. The molecule has 0 radical (unpaired) electrons. The van der Waals surface area contributed by atoms with Crippen molar-refractivity contribution in [3.05, 3.63) is 53.6 Å². The maximum Gasteiger partial charge on any atom is 0.261 e. The number of hydrogen-bond donors (Lipinski definition) is 1. The molecule has 6 heteroatoms. The molecule has 0 spiro atoms. The largest absolute Gasteiger partial charge is 0.315 e. The van der Waals surface area contributed by atoms with Gasteiger partial charge in [-0.25, -0.2) is 8.42 Å². The Kier molecular flexibility index (Phi) is 4.32. The second kappa shape index (κ2) is 6.28. The minimum Gasteiger partial charge on any atom is -0.315 e. The van der Waals surface area contributed by atoms with Crippen molar-refractivity contribution in [2.45, 2.75) is 31.1 Å². The van der Waals surface area contributed by atoms with Crippen LogP contribution in [0, 0.1) is 0 Å². The average Bonchev–Trinajstić information content (AvgIpc) is 2.58. The fourth-order valence-electron chi connectivity index (χ4n) is 2.84. The summed E-state index contributed by atoms with van der Waals surface area (Å²) in [5, 5.41) is 0. The van der Waals surface area contributed by atoms with Crippen LogP contribution >= 0.6 is 0 Å². The second-order valence-electron chi connectivity index (χ2n) is 5.90. The number of sulfonamides is 1. The quantitative estimate of drug-likeness (QED) is 0.927. The van der Waals surface area contributed by atoms with Crippen molar-refractivity contribution in [2.24, 2.45) is 0 Å². The average molecular weight is 344 g/mol. The highest BCUT2D eigenvalue weighted by Gasteiger charge is 2.22. The summed E-state index contributed by atoms with van der Waals surface area (Å²) in [5.74, 6) is 0.0758. The van der Waals surface area contributed by atoms with Crippen LogP contribution in [0.5, 0.6) is 0 Å². The molecular formula is C18H20N2O3S. The molecule has 2 aromatic rings. The Hall–Kier alpha value is -2.34. The van der Waals surface area contributed by atoms with Gasteiger partial charge in [-0.15, -0.1) is 0 Å². The Morgan fingerprint density at radius 1 is 1.08 bits per heavy atom. The third-order valence-electron chi connectivity index (χ3n) is 4.32. The van der Waals surface area contributed by atoms with E-state index < -0.39 is 10.0 Å². The zero-order valence-electron chi connectivity index (χ0n) is 13.7. The number of hydrogen-bond acceptors (Lipinski definition) is 3. The Labute approximate surface area is 142 Å². The lowest BCUT2D eigenvalue weighted by Crippen LogP contribution is -2.31. The van der Waals surface area contributed by atoms with Crippen molar-refractivity contribution >= 4 is 27.3 Å².